The highest BCUT2D eigenvalue weighted by molar-refractivity contribution is 7.85. The van der Waals surface area contributed by atoms with Gasteiger partial charge in [-0.1, -0.05) is 6.07 Å². The molecule has 0 spiro atoms. The van der Waals surface area contributed by atoms with Crippen molar-refractivity contribution in [1.29, 1.82) is 0 Å². The van der Waals surface area contributed by atoms with Crippen molar-refractivity contribution in [2.75, 3.05) is 32.6 Å². The average molecular weight is 480 g/mol. The fourth-order valence-corrected chi connectivity index (χ4v) is 4.85. The van der Waals surface area contributed by atoms with Crippen molar-refractivity contribution in [3.63, 3.8) is 0 Å². The second kappa shape index (κ2) is 9.20. The maximum atomic E-state index is 13.1. The van der Waals surface area contributed by atoms with Gasteiger partial charge >= 0.3 is 0 Å². The highest BCUT2D eigenvalue weighted by Gasteiger charge is 2.46. The number of fused-ring (bicyclic) bond motifs is 1. The number of likely N-dealkylation sites (tertiary alicyclic amines) is 1. The Morgan fingerprint density at radius 2 is 1.91 bits per heavy atom. The number of carbonyl (C=O) groups is 4. The van der Waals surface area contributed by atoms with Gasteiger partial charge in [-0.15, -0.1) is 0 Å². The number of ether oxygens (including phenoxy) is 1. The zero-order chi connectivity index (χ0) is 23.8. The van der Waals surface area contributed by atoms with Crippen molar-refractivity contribution in [1.82, 2.24) is 15.1 Å². The van der Waals surface area contributed by atoms with Crippen LogP contribution in [0.1, 0.15) is 46.4 Å². The molecule has 2 atom stereocenters. The normalized spacial score (nSPS) is 23.7. The number of amides is 4. The van der Waals surface area contributed by atoms with Gasteiger partial charge in [-0.3, -0.25) is 38.5 Å². The number of nitrogens with one attached hydrogen (secondary N) is 1. The molecule has 12 heteroatoms. The van der Waals surface area contributed by atoms with E-state index in [0.717, 1.165) is 30.5 Å². The van der Waals surface area contributed by atoms with Crippen molar-refractivity contribution in [3.8, 4) is 5.75 Å². The van der Waals surface area contributed by atoms with Gasteiger partial charge in [0.25, 0.3) is 21.9 Å². The number of hydrogen-bond donors (Lipinski definition) is 1. The molecule has 1 aromatic carbocycles. The summed E-state index contributed by atoms with van der Waals surface area (Å²) in [5, 5.41) is 2.17. The number of nitrogens with zero attached hydrogens (tertiary/aromatic N) is 2. The molecule has 0 aromatic heterocycles. The van der Waals surface area contributed by atoms with Gasteiger partial charge in [0.1, 0.15) is 18.4 Å². The molecule has 1 N–H and O–H groups in total. The summed E-state index contributed by atoms with van der Waals surface area (Å²) in [6.45, 7) is 1.49. The summed E-state index contributed by atoms with van der Waals surface area (Å²) in [6, 6.07) is 3.69. The highest BCUT2D eigenvalue weighted by atomic mass is 32.2. The van der Waals surface area contributed by atoms with E-state index in [9.17, 15) is 27.6 Å². The second-order valence-electron chi connectivity index (χ2n) is 8.30. The van der Waals surface area contributed by atoms with Crippen LogP contribution in [-0.4, -0.2) is 86.5 Å². The third-order valence-corrected chi connectivity index (χ3v) is 6.63. The Balaban J connectivity index is 1.45. The van der Waals surface area contributed by atoms with Crippen LogP contribution >= 0.6 is 0 Å². The fourth-order valence-electron chi connectivity index (χ4n) is 4.47. The number of benzene rings is 1. The molecule has 2 fully saturated rings. The maximum Gasteiger partial charge on any atom is 0.266 e. The van der Waals surface area contributed by atoms with Gasteiger partial charge < -0.3 is 4.74 Å². The predicted molar refractivity (Wildman–Crippen MR) is 114 cm³/mol. The minimum Gasteiger partial charge on any atom is -0.491 e. The summed E-state index contributed by atoms with van der Waals surface area (Å²) in [6.07, 6.45) is 2.89. The molecule has 2 unspecified atom stereocenters. The number of carbonyl (C=O) groups excluding carboxylic acids is 4. The molecule has 11 nitrogen and oxygen atoms in total. The van der Waals surface area contributed by atoms with Crippen LogP contribution in [0.25, 0.3) is 0 Å². The molecular formula is C21H25N3O8S. The smallest absolute Gasteiger partial charge is 0.266 e. The molecule has 0 radical (unpaired) electrons. The van der Waals surface area contributed by atoms with E-state index in [1.165, 1.54) is 6.07 Å². The van der Waals surface area contributed by atoms with E-state index in [4.69, 9.17) is 8.92 Å². The molecule has 178 valence electrons. The van der Waals surface area contributed by atoms with Crippen LogP contribution in [0.15, 0.2) is 18.2 Å². The van der Waals surface area contributed by atoms with Crippen LogP contribution in [0.3, 0.4) is 0 Å². The number of imide groups is 2. The molecular weight excluding hydrogens is 454 g/mol. The quantitative estimate of drug-likeness (QED) is 0.400. The van der Waals surface area contributed by atoms with E-state index >= 15 is 0 Å². The van der Waals surface area contributed by atoms with Gasteiger partial charge in [-0.2, -0.15) is 8.42 Å². The molecule has 0 bridgehead atoms. The summed E-state index contributed by atoms with van der Waals surface area (Å²) in [7, 11) is -3.51. The minimum atomic E-state index is -3.51. The standard InChI is InChI=1S/C21H25N3O8S/c1-33(29,30)32-11-10-23-9-3-4-13(23)12-31-16-6-2-5-14-18(16)21(28)24(20(14)27)15-7-8-17(25)22-19(15)26/h2,5-6,13,15H,3-4,7-12H2,1H3,(H,22,25,26). The van der Waals surface area contributed by atoms with Crippen molar-refractivity contribution >= 4 is 33.7 Å². The Labute approximate surface area is 191 Å². The Bertz CT molecular complexity index is 1100. The summed E-state index contributed by atoms with van der Waals surface area (Å²) in [5.74, 6) is -2.05. The summed E-state index contributed by atoms with van der Waals surface area (Å²) < 4.78 is 33.1. The summed E-state index contributed by atoms with van der Waals surface area (Å²) >= 11 is 0. The van der Waals surface area contributed by atoms with Crippen molar-refractivity contribution in [2.24, 2.45) is 0 Å². The largest absolute Gasteiger partial charge is 0.491 e. The number of rotatable bonds is 8. The van der Waals surface area contributed by atoms with Crippen LogP contribution in [-0.2, 0) is 23.9 Å². The first kappa shape index (κ1) is 23.3. The fraction of sp³-hybridized carbons (Fsp3) is 0.524. The first-order valence-electron chi connectivity index (χ1n) is 10.7. The Hall–Kier alpha value is -2.83. The van der Waals surface area contributed by atoms with E-state index in [-0.39, 0.29) is 49.0 Å². The predicted octanol–water partition coefficient (Wildman–Crippen LogP) is -0.0928. The topological polar surface area (TPSA) is 139 Å². The zero-order valence-corrected chi connectivity index (χ0v) is 18.9. The lowest BCUT2D eigenvalue weighted by molar-refractivity contribution is -0.136. The lowest BCUT2D eigenvalue weighted by Gasteiger charge is -2.28. The highest BCUT2D eigenvalue weighted by Crippen LogP contribution is 2.34. The Morgan fingerprint density at radius 1 is 1.12 bits per heavy atom. The van der Waals surface area contributed by atoms with Gasteiger partial charge in [0.15, 0.2) is 0 Å². The van der Waals surface area contributed by atoms with E-state index in [1.54, 1.807) is 12.1 Å². The van der Waals surface area contributed by atoms with Crippen LogP contribution in [0.4, 0.5) is 0 Å². The maximum absolute atomic E-state index is 13.1. The van der Waals surface area contributed by atoms with Crippen LogP contribution in [0.2, 0.25) is 0 Å². The average Bonchev–Trinajstić information content (AvgIpc) is 3.29. The van der Waals surface area contributed by atoms with Crippen LogP contribution < -0.4 is 10.1 Å². The van der Waals surface area contributed by atoms with Gasteiger partial charge in [0, 0.05) is 19.0 Å². The molecule has 4 amide bonds. The Morgan fingerprint density at radius 3 is 2.64 bits per heavy atom. The van der Waals surface area contributed by atoms with Crippen molar-refractivity contribution in [3.05, 3.63) is 29.3 Å². The molecule has 1 aromatic rings. The monoisotopic (exact) mass is 479 g/mol. The first-order chi connectivity index (χ1) is 15.7. The van der Waals surface area contributed by atoms with E-state index < -0.39 is 39.8 Å². The van der Waals surface area contributed by atoms with Crippen molar-refractivity contribution in [2.45, 2.75) is 37.8 Å². The van der Waals surface area contributed by atoms with Gasteiger partial charge in [-0.05, 0) is 37.9 Å². The van der Waals surface area contributed by atoms with E-state index in [0.29, 0.717) is 6.54 Å². The molecule has 4 rings (SSSR count). The molecule has 33 heavy (non-hydrogen) atoms. The Kier molecular flexibility index (Phi) is 6.50. The summed E-state index contributed by atoms with van der Waals surface area (Å²) in [5.41, 5.74) is 0.268. The molecule has 3 aliphatic rings. The third kappa shape index (κ3) is 4.92. The van der Waals surface area contributed by atoms with Crippen molar-refractivity contribution < 1.29 is 36.5 Å². The first-order valence-corrected chi connectivity index (χ1v) is 12.5. The molecule has 0 aliphatic carbocycles. The molecule has 2 saturated heterocycles. The lowest BCUT2D eigenvalue weighted by atomic mass is 10.0. The number of piperidine rings is 1. The minimum absolute atomic E-state index is 0.00228. The molecule has 3 aliphatic heterocycles. The van der Waals surface area contributed by atoms with E-state index in [2.05, 4.69) is 10.2 Å². The molecule has 0 saturated carbocycles. The van der Waals surface area contributed by atoms with Gasteiger partial charge in [-0.25, -0.2) is 0 Å². The summed E-state index contributed by atoms with van der Waals surface area (Å²) in [4.78, 5) is 52.7. The molecule has 3 heterocycles. The SMILES string of the molecule is CS(=O)(=O)OCCN1CCCC1COc1cccc2c1C(=O)N(C1CCC(=O)NC1=O)C2=O. The third-order valence-electron chi connectivity index (χ3n) is 6.04. The van der Waals surface area contributed by atoms with Crippen LogP contribution in [0.5, 0.6) is 5.75 Å². The lowest BCUT2D eigenvalue weighted by Crippen LogP contribution is -2.54. The van der Waals surface area contributed by atoms with Gasteiger partial charge in [0.2, 0.25) is 11.8 Å². The van der Waals surface area contributed by atoms with E-state index in [1.807, 2.05) is 0 Å². The zero-order valence-electron chi connectivity index (χ0n) is 18.1. The van der Waals surface area contributed by atoms with Gasteiger partial charge in [0.05, 0.1) is 24.0 Å². The number of hydrogen-bond acceptors (Lipinski definition) is 9. The van der Waals surface area contributed by atoms with Crippen LogP contribution in [0, 0.1) is 0 Å². The second-order valence-corrected chi connectivity index (χ2v) is 9.94.